The van der Waals surface area contributed by atoms with Crippen LogP contribution in [0.15, 0.2) is 81.4 Å². The van der Waals surface area contributed by atoms with Gasteiger partial charge in [-0.05, 0) is 55.2 Å². The third-order valence-electron chi connectivity index (χ3n) is 6.52. The zero-order chi connectivity index (χ0) is 27.4. The molecule has 0 saturated carbocycles. The molecule has 0 radical (unpaired) electrons. The van der Waals surface area contributed by atoms with Gasteiger partial charge in [-0.1, -0.05) is 62.2 Å². The minimum atomic E-state index is -4.46. The normalized spacial score (nSPS) is 12.4. The lowest BCUT2D eigenvalue weighted by Crippen LogP contribution is -2.27. The van der Waals surface area contributed by atoms with Crippen LogP contribution in [0.2, 0.25) is 0 Å². The Morgan fingerprint density at radius 1 is 1.05 bits per heavy atom. The molecular weight excluding hydrogens is 505 g/mol. The quantitative estimate of drug-likeness (QED) is 0.279. The third-order valence-corrected chi connectivity index (χ3v) is 8.30. The summed E-state index contributed by atoms with van der Waals surface area (Å²) in [5.74, 6) is -0.979. The van der Waals surface area contributed by atoms with E-state index in [4.69, 9.17) is 0 Å². The smallest absolute Gasteiger partial charge is 0.296 e. The lowest BCUT2D eigenvalue weighted by atomic mass is 10.0. The number of aromatic hydroxyl groups is 1. The van der Waals surface area contributed by atoms with Gasteiger partial charge in [-0.25, -0.2) is 13.4 Å². The highest BCUT2D eigenvalue weighted by molar-refractivity contribution is 7.91. The van der Waals surface area contributed by atoms with Crippen molar-refractivity contribution in [3.63, 3.8) is 0 Å². The van der Waals surface area contributed by atoms with Gasteiger partial charge in [0.15, 0.2) is 4.90 Å². The molecule has 1 N–H and O–H groups in total. The Balaban J connectivity index is 1.87. The second kappa shape index (κ2) is 11.3. The Kier molecular flexibility index (Phi) is 8.06. The molecule has 4 aromatic rings. The number of nitrogens with zero attached hydrogens (tertiary/aromatic N) is 3. The van der Waals surface area contributed by atoms with E-state index in [-0.39, 0.29) is 10.5 Å². The van der Waals surface area contributed by atoms with Gasteiger partial charge in [0.1, 0.15) is 5.82 Å². The molecule has 7 nitrogen and oxygen atoms in total. The summed E-state index contributed by atoms with van der Waals surface area (Å²) in [6, 6.07) is 15.9. The molecular formula is C29H30FN3O4S. The van der Waals surface area contributed by atoms with Gasteiger partial charge in [-0.3, -0.25) is 9.36 Å². The number of aryl methyl sites for hydroxylation is 2. The SMILES string of the molecule is CCCCc1nc(=O)c(S(=O)(=O)c2ccc(-c3cccnc3F)cc2)c(O)n1[C@@H](CC)c1cccc(C)c1. The van der Waals surface area contributed by atoms with Crippen molar-refractivity contribution in [2.75, 3.05) is 0 Å². The first-order chi connectivity index (χ1) is 18.2. The summed E-state index contributed by atoms with van der Waals surface area (Å²) in [6.45, 7) is 5.88. The van der Waals surface area contributed by atoms with Gasteiger partial charge >= 0.3 is 0 Å². The molecule has 0 aliphatic heterocycles. The van der Waals surface area contributed by atoms with Crippen molar-refractivity contribution in [1.29, 1.82) is 0 Å². The zero-order valence-corrected chi connectivity index (χ0v) is 22.4. The van der Waals surface area contributed by atoms with Crippen LogP contribution < -0.4 is 5.56 Å². The fraction of sp³-hybridized carbons (Fsp3) is 0.276. The molecule has 0 fully saturated rings. The fourth-order valence-electron chi connectivity index (χ4n) is 4.60. The number of benzene rings is 2. The molecule has 0 spiro atoms. The van der Waals surface area contributed by atoms with Crippen LogP contribution in [0.3, 0.4) is 0 Å². The standard InChI is InChI=1S/C29H30FN3O4S/c1-4-6-12-25-32-28(34)26(29(35)33(25)24(5-2)21-10-7-9-19(3)18-21)38(36,37)22-15-13-20(14-16-22)23-11-8-17-31-27(23)30/h7-11,13-18,24,35H,4-6,12H2,1-3H3/t24-/m0/s1. The number of rotatable bonds is 9. The molecule has 0 aliphatic rings. The van der Waals surface area contributed by atoms with E-state index < -0.39 is 38.2 Å². The van der Waals surface area contributed by atoms with Gasteiger partial charge in [-0.15, -0.1) is 0 Å². The van der Waals surface area contributed by atoms with Crippen molar-refractivity contribution in [1.82, 2.24) is 14.5 Å². The van der Waals surface area contributed by atoms with E-state index in [0.717, 1.165) is 17.5 Å². The summed E-state index contributed by atoms with van der Waals surface area (Å²) < 4.78 is 42.9. The highest BCUT2D eigenvalue weighted by Gasteiger charge is 2.32. The first kappa shape index (κ1) is 27.2. The molecule has 0 amide bonds. The van der Waals surface area contributed by atoms with E-state index >= 15 is 0 Å². The van der Waals surface area contributed by atoms with E-state index in [1.807, 2.05) is 45.0 Å². The topological polar surface area (TPSA) is 102 Å². The maximum atomic E-state index is 14.1. The number of hydrogen-bond donors (Lipinski definition) is 1. The van der Waals surface area contributed by atoms with Gasteiger partial charge in [0.2, 0.25) is 21.7 Å². The first-order valence-corrected chi connectivity index (χ1v) is 14.0. The molecule has 2 aromatic carbocycles. The van der Waals surface area contributed by atoms with Gasteiger partial charge < -0.3 is 5.11 Å². The molecule has 4 rings (SSSR count). The Labute approximate surface area is 221 Å². The largest absolute Gasteiger partial charge is 0.493 e. The van der Waals surface area contributed by atoms with Crippen molar-refractivity contribution < 1.29 is 17.9 Å². The summed E-state index contributed by atoms with van der Waals surface area (Å²) in [5.41, 5.74) is 1.52. The summed E-state index contributed by atoms with van der Waals surface area (Å²) in [5, 5.41) is 11.4. The predicted molar refractivity (Wildman–Crippen MR) is 143 cm³/mol. The summed E-state index contributed by atoms with van der Waals surface area (Å²) >= 11 is 0. The third kappa shape index (κ3) is 5.24. The molecule has 38 heavy (non-hydrogen) atoms. The van der Waals surface area contributed by atoms with Crippen LogP contribution in [-0.2, 0) is 16.3 Å². The molecule has 0 aliphatic carbocycles. The van der Waals surface area contributed by atoms with Crippen LogP contribution in [0.4, 0.5) is 4.39 Å². The van der Waals surface area contributed by atoms with E-state index in [1.165, 1.54) is 41.1 Å². The number of halogens is 1. The monoisotopic (exact) mass is 535 g/mol. The van der Waals surface area contributed by atoms with Gasteiger partial charge in [-0.2, -0.15) is 9.37 Å². The number of aromatic nitrogens is 3. The number of sulfone groups is 1. The minimum Gasteiger partial charge on any atom is -0.493 e. The van der Waals surface area contributed by atoms with Crippen molar-refractivity contribution in [2.45, 2.75) is 62.3 Å². The van der Waals surface area contributed by atoms with Crippen molar-refractivity contribution in [2.24, 2.45) is 0 Å². The summed E-state index contributed by atoms with van der Waals surface area (Å²) in [6.07, 6.45) is 3.82. The van der Waals surface area contributed by atoms with Crippen molar-refractivity contribution >= 4 is 9.84 Å². The Bertz CT molecular complexity index is 1620. The second-order valence-electron chi connectivity index (χ2n) is 9.17. The van der Waals surface area contributed by atoms with Crippen LogP contribution in [0, 0.1) is 12.9 Å². The molecule has 2 heterocycles. The summed E-state index contributed by atoms with van der Waals surface area (Å²) in [4.78, 5) is 19.9. The Hall–Kier alpha value is -3.85. The van der Waals surface area contributed by atoms with Crippen LogP contribution in [0.25, 0.3) is 11.1 Å². The fourth-order valence-corrected chi connectivity index (χ4v) is 5.94. The number of unbranched alkanes of at least 4 members (excludes halogenated alkanes) is 1. The molecule has 0 unspecified atom stereocenters. The molecule has 2 aromatic heterocycles. The molecule has 198 valence electrons. The maximum absolute atomic E-state index is 14.1. The molecule has 1 atom stereocenters. The van der Waals surface area contributed by atoms with E-state index in [0.29, 0.717) is 30.7 Å². The highest BCUT2D eigenvalue weighted by atomic mass is 32.2. The average Bonchev–Trinajstić information content (AvgIpc) is 2.89. The van der Waals surface area contributed by atoms with E-state index in [9.17, 15) is 22.7 Å². The van der Waals surface area contributed by atoms with Crippen molar-refractivity contribution in [3.05, 3.63) is 100 Å². The molecule has 0 bridgehead atoms. The number of hydrogen-bond acceptors (Lipinski definition) is 6. The molecule has 9 heteroatoms. The minimum absolute atomic E-state index is 0.212. The molecule has 0 saturated heterocycles. The average molecular weight is 536 g/mol. The van der Waals surface area contributed by atoms with Crippen LogP contribution >= 0.6 is 0 Å². The highest BCUT2D eigenvalue weighted by Crippen LogP contribution is 2.34. The predicted octanol–water partition coefficient (Wildman–Crippen LogP) is 5.63. The maximum Gasteiger partial charge on any atom is 0.296 e. The summed E-state index contributed by atoms with van der Waals surface area (Å²) in [7, 11) is -4.46. The second-order valence-corrected chi connectivity index (χ2v) is 11.1. The van der Waals surface area contributed by atoms with Crippen molar-refractivity contribution in [3.8, 4) is 17.0 Å². The lowest BCUT2D eigenvalue weighted by molar-refractivity contribution is 0.358. The van der Waals surface area contributed by atoms with Gasteiger partial charge in [0.05, 0.1) is 10.9 Å². The zero-order valence-electron chi connectivity index (χ0n) is 21.6. The Morgan fingerprint density at radius 3 is 2.42 bits per heavy atom. The lowest BCUT2D eigenvalue weighted by Gasteiger charge is -2.25. The van der Waals surface area contributed by atoms with Gasteiger partial charge in [0.25, 0.3) is 5.56 Å². The first-order valence-electron chi connectivity index (χ1n) is 12.6. The van der Waals surface area contributed by atoms with Crippen LogP contribution in [-0.4, -0.2) is 28.1 Å². The van der Waals surface area contributed by atoms with Gasteiger partial charge in [0, 0.05) is 18.2 Å². The van der Waals surface area contributed by atoms with Crippen LogP contribution in [0.5, 0.6) is 5.88 Å². The Morgan fingerprint density at radius 2 is 1.79 bits per heavy atom. The van der Waals surface area contributed by atoms with E-state index in [2.05, 4.69) is 9.97 Å². The number of pyridine rings is 1. The van der Waals surface area contributed by atoms with Crippen LogP contribution in [0.1, 0.15) is 56.1 Å². The van der Waals surface area contributed by atoms with E-state index in [1.54, 1.807) is 6.07 Å².